The van der Waals surface area contributed by atoms with Gasteiger partial charge in [0.15, 0.2) is 0 Å². The van der Waals surface area contributed by atoms with Crippen LogP contribution in [0.5, 0.6) is 0 Å². The maximum Gasteiger partial charge on any atom is 0.313 e. The molecule has 0 radical (unpaired) electrons. The number of benzene rings is 1. The smallest absolute Gasteiger partial charge is 0.313 e. The highest BCUT2D eigenvalue weighted by atomic mass is 19.1. The Kier molecular flexibility index (Phi) is 4.39. The molecular weight excluding hydrogens is 261 g/mol. The zero-order valence-corrected chi connectivity index (χ0v) is 10.5. The van der Waals surface area contributed by atoms with Gasteiger partial charge in [-0.3, -0.25) is 14.6 Å². The van der Waals surface area contributed by atoms with Crippen LogP contribution in [0.4, 0.5) is 10.1 Å². The van der Waals surface area contributed by atoms with Gasteiger partial charge in [-0.05, 0) is 30.3 Å². The third kappa shape index (κ3) is 3.88. The lowest BCUT2D eigenvalue weighted by atomic mass is 10.3. The predicted octanol–water partition coefficient (Wildman–Crippen LogP) is 1.48. The molecule has 0 aliphatic carbocycles. The van der Waals surface area contributed by atoms with Crippen molar-refractivity contribution < 1.29 is 14.0 Å². The van der Waals surface area contributed by atoms with Crippen molar-refractivity contribution in [2.75, 3.05) is 5.32 Å². The van der Waals surface area contributed by atoms with Crippen molar-refractivity contribution in [1.29, 1.82) is 0 Å². The minimum atomic E-state index is -0.855. The first-order valence-electron chi connectivity index (χ1n) is 5.90. The lowest BCUT2D eigenvalue weighted by Crippen LogP contribution is -2.35. The van der Waals surface area contributed by atoms with E-state index in [1.54, 1.807) is 24.4 Å². The quantitative estimate of drug-likeness (QED) is 0.832. The molecule has 0 fully saturated rings. The van der Waals surface area contributed by atoms with E-state index >= 15 is 0 Å². The molecule has 1 aromatic heterocycles. The molecule has 0 aliphatic rings. The number of anilines is 1. The number of aromatic nitrogens is 1. The van der Waals surface area contributed by atoms with Crippen LogP contribution in [0.2, 0.25) is 0 Å². The van der Waals surface area contributed by atoms with Gasteiger partial charge in [-0.15, -0.1) is 0 Å². The number of halogens is 1. The molecule has 0 atom stereocenters. The van der Waals surface area contributed by atoms with Gasteiger partial charge in [-0.1, -0.05) is 12.1 Å². The van der Waals surface area contributed by atoms with Crippen LogP contribution < -0.4 is 10.6 Å². The van der Waals surface area contributed by atoms with Crippen LogP contribution in [-0.2, 0) is 16.1 Å². The Balaban J connectivity index is 1.88. The van der Waals surface area contributed by atoms with Crippen LogP contribution in [0.15, 0.2) is 48.7 Å². The lowest BCUT2D eigenvalue weighted by molar-refractivity contribution is -0.136. The van der Waals surface area contributed by atoms with E-state index in [0.29, 0.717) is 5.69 Å². The van der Waals surface area contributed by atoms with Crippen molar-refractivity contribution in [2.45, 2.75) is 6.54 Å². The fourth-order valence-electron chi connectivity index (χ4n) is 1.51. The van der Waals surface area contributed by atoms with Gasteiger partial charge >= 0.3 is 11.8 Å². The molecule has 0 spiro atoms. The molecule has 2 N–H and O–H groups in total. The Hall–Kier alpha value is -2.76. The van der Waals surface area contributed by atoms with Gasteiger partial charge in [0.05, 0.1) is 12.2 Å². The third-order valence-electron chi connectivity index (χ3n) is 2.44. The van der Waals surface area contributed by atoms with Gasteiger partial charge in [0.1, 0.15) is 5.82 Å². The molecule has 2 rings (SSSR count). The topological polar surface area (TPSA) is 71.1 Å². The molecule has 102 valence electrons. The van der Waals surface area contributed by atoms with Crippen LogP contribution in [0.3, 0.4) is 0 Å². The van der Waals surface area contributed by atoms with E-state index < -0.39 is 17.6 Å². The van der Waals surface area contributed by atoms with Crippen LogP contribution in [0.1, 0.15) is 5.69 Å². The summed E-state index contributed by atoms with van der Waals surface area (Å²) < 4.78 is 12.9. The number of amides is 2. The molecule has 5 nitrogen and oxygen atoms in total. The second-order valence-electron chi connectivity index (χ2n) is 3.97. The molecule has 1 heterocycles. The van der Waals surface area contributed by atoms with Crippen molar-refractivity contribution in [2.24, 2.45) is 0 Å². The van der Waals surface area contributed by atoms with E-state index in [9.17, 15) is 14.0 Å². The average molecular weight is 273 g/mol. The number of pyridine rings is 1. The average Bonchev–Trinajstić information content (AvgIpc) is 2.46. The molecular formula is C14H12FN3O2. The number of carbonyl (C=O) groups is 2. The number of nitrogens with one attached hydrogen (secondary N) is 2. The third-order valence-corrected chi connectivity index (χ3v) is 2.44. The van der Waals surface area contributed by atoms with E-state index in [-0.39, 0.29) is 12.2 Å². The number of carbonyl (C=O) groups excluding carboxylic acids is 2. The van der Waals surface area contributed by atoms with Gasteiger partial charge in [-0.2, -0.15) is 0 Å². The largest absolute Gasteiger partial charge is 0.342 e. The highest BCUT2D eigenvalue weighted by Crippen LogP contribution is 2.08. The van der Waals surface area contributed by atoms with E-state index in [2.05, 4.69) is 15.6 Å². The Labute approximate surface area is 114 Å². The van der Waals surface area contributed by atoms with Crippen LogP contribution >= 0.6 is 0 Å². The number of hydrogen-bond acceptors (Lipinski definition) is 3. The van der Waals surface area contributed by atoms with Crippen molar-refractivity contribution in [3.05, 3.63) is 60.2 Å². The van der Waals surface area contributed by atoms with Gasteiger partial charge < -0.3 is 10.6 Å². The van der Waals surface area contributed by atoms with Gasteiger partial charge in [0, 0.05) is 11.9 Å². The van der Waals surface area contributed by atoms with E-state index in [0.717, 1.165) is 6.07 Å². The lowest BCUT2D eigenvalue weighted by Gasteiger charge is -2.06. The minimum Gasteiger partial charge on any atom is -0.342 e. The van der Waals surface area contributed by atoms with Crippen LogP contribution in [-0.4, -0.2) is 16.8 Å². The summed E-state index contributed by atoms with van der Waals surface area (Å²) in [5.41, 5.74) is 0.863. The number of hydrogen-bond donors (Lipinski definition) is 2. The van der Waals surface area contributed by atoms with E-state index in [1.165, 1.54) is 18.2 Å². The molecule has 0 saturated heterocycles. The van der Waals surface area contributed by atoms with Gasteiger partial charge in [-0.25, -0.2) is 4.39 Å². The van der Waals surface area contributed by atoms with Crippen molar-refractivity contribution in [1.82, 2.24) is 10.3 Å². The first-order chi connectivity index (χ1) is 9.65. The highest BCUT2D eigenvalue weighted by Gasteiger charge is 2.13. The summed E-state index contributed by atoms with van der Waals surface area (Å²) in [6.07, 6.45) is 1.59. The summed E-state index contributed by atoms with van der Waals surface area (Å²) in [5, 5.41) is 4.73. The second-order valence-corrected chi connectivity index (χ2v) is 3.97. The summed E-state index contributed by atoms with van der Waals surface area (Å²) in [7, 11) is 0. The first-order valence-corrected chi connectivity index (χ1v) is 5.90. The minimum absolute atomic E-state index is 0.149. The number of nitrogens with zero attached hydrogens (tertiary/aromatic N) is 1. The molecule has 0 aliphatic heterocycles. The summed E-state index contributed by atoms with van der Waals surface area (Å²) >= 11 is 0. The first kappa shape index (κ1) is 13.7. The number of rotatable bonds is 3. The van der Waals surface area contributed by atoms with Gasteiger partial charge in [0.2, 0.25) is 0 Å². The van der Waals surface area contributed by atoms with Crippen molar-refractivity contribution in [3.63, 3.8) is 0 Å². The molecule has 0 saturated carbocycles. The summed E-state index contributed by atoms with van der Waals surface area (Å²) in [6.45, 7) is 0.149. The second kappa shape index (κ2) is 6.42. The van der Waals surface area contributed by atoms with Crippen molar-refractivity contribution in [3.8, 4) is 0 Å². The zero-order chi connectivity index (χ0) is 14.4. The fraction of sp³-hybridized carbons (Fsp3) is 0.0714. The Morgan fingerprint density at radius 2 is 1.95 bits per heavy atom. The standard InChI is InChI=1S/C14H12FN3O2/c15-10-4-3-6-11(8-10)18-14(20)13(19)17-9-12-5-1-2-7-16-12/h1-8H,9H2,(H,17,19)(H,18,20). The van der Waals surface area contributed by atoms with Crippen LogP contribution in [0.25, 0.3) is 0 Å². The molecule has 20 heavy (non-hydrogen) atoms. The fourth-order valence-corrected chi connectivity index (χ4v) is 1.51. The molecule has 0 unspecified atom stereocenters. The maximum atomic E-state index is 12.9. The summed E-state index contributed by atoms with van der Waals surface area (Å²) in [5.74, 6) is -2.15. The van der Waals surface area contributed by atoms with Crippen LogP contribution in [0, 0.1) is 5.82 Å². The van der Waals surface area contributed by atoms with E-state index in [1.807, 2.05) is 0 Å². The Bertz CT molecular complexity index is 617. The molecule has 2 aromatic rings. The normalized spacial score (nSPS) is 9.85. The van der Waals surface area contributed by atoms with Crippen molar-refractivity contribution >= 4 is 17.5 Å². The van der Waals surface area contributed by atoms with E-state index in [4.69, 9.17) is 0 Å². The Morgan fingerprint density at radius 3 is 2.65 bits per heavy atom. The summed E-state index contributed by atoms with van der Waals surface area (Å²) in [4.78, 5) is 27.1. The highest BCUT2D eigenvalue weighted by molar-refractivity contribution is 6.39. The molecule has 2 amide bonds. The maximum absolute atomic E-state index is 12.9. The molecule has 1 aromatic carbocycles. The zero-order valence-electron chi connectivity index (χ0n) is 10.5. The van der Waals surface area contributed by atoms with Gasteiger partial charge in [0.25, 0.3) is 0 Å². The Morgan fingerprint density at radius 1 is 1.10 bits per heavy atom. The summed E-state index contributed by atoms with van der Waals surface area (Å²) in [6, 6.07) is 10.6. The predicted molar refractivity (Wildman–Crippen MR) is 71.1 cm³/mol. The molecule has 0 bridgehead atoms. The SMILES string of the molecule is O=C(NCc1ccccn1)C(=O)Nc1cccc(F)c1. The molecule has 6 heteroatoms. The monoisotopic (exact) mass is 273 g/mol.